The van der Waals surface area contributed by atoms with Crippen molar-refractivity contribution < 1.29 is 4.42 Å². The van der Waals surface area contributed by atoms with E-state index in [1.165, 1.54) is 6.39 Å². The molecule has 1 aromatic heterocycles. The summed E-state index contributed by atoms with van der Waals surface area (Å²) in [6, 6.07) is 9.03. The third-order valence-corrected chi connectivity index (χ3v) is 2.00. The van der Waals surface area contributed by atoms with E-state index in [4.69, 9.17) is 21.3 Å². The van der Waals surface area contributed by atoms with Crippen LogP contribution in [0, 0.1) is 11.3 Å². The van der Waals surface area contributed by atoms with Gasteiger partial charge in [-0.05, 0) is 12.1 Å². The van der Waals surface area contributed by atoms with E-state index in [1.54, 1.807) is 18.2 Å². The first-order valence-corrected chi connectivity index (χ1v) is 4.28. The molecule has 0 amide bonds. The normalized spacial score (nSPS) is 9.71. The van der Waals surface area contributed by atoms with Gasteiger partial charge >= 0.3 is 0 Å². The van der Waals surface area contributed by atoms with Crippen LogP contribution in [0.1, 0.15) is 5.69 Å². The van der Waals surface area contributed by atoms with E-state index in [-0.39, 0.29) is 5.69 Å². The molecule has 0 aliphatic rings. The molecule has 0 bridgehead atoms. The van der Waals surface area contributed by atoms with Gasteiger partial charge in [-0.2, -0.15) is 5.26 Å². The zero-order valence-electron chi connectivity index (χ0n) is 7.07. The molecule has 0 saturated carbocycles. The molecule has 0 radical (unpaired) electrons. The predicted octanol–water partition coefficient (Wildman–Crippen LogP) is 2.87. The number of hydrogen-bond donors (Lipinski definition) is 0. The molecule has 0 N–H and O–H groups in total. The lowest BCUT2D eigenvalue weighted by molar-refractivity contribution is 0.572. The molecule has 2 rings (SSSR count). The number of benzene rings is 1. The summed E-state index contributed by atoms with van der Waals surface area (Å²) in [6.07, 6.45) is 1.24. The van der Waals surface area contributed by atoms with Crippen molar-refractivity contribution in [2.75, 3.05) is 0 Å². The van der Waals surface area contributed by atoms with E-state index >= 15 is 0 Å². The third-order valence-electron chi connectivity index (χ3n) is 1.76. The van der Waals surface area contributed by atoms with E-state index in [9.17, 15) is 0 Å². The Bertz CT molecular complexity index is 499. The molecule has 1 heterocycles. The summed E-state index contributed by atoms with van der Waals surface area (Å²) in [5, 5.41) is 9.33. The number of hydrogen-bond acceptors (Lipinski definition) is 3. The van der Waals surface area contributed by atoms with Gasteiger partial charge in [0.25, 0.3) is 0 Å². The van der Waals surface area contributed by atoms with Crippen LogP contribution in [0.4, 0.5) is 0 Å². The maximum absolute atomic E-state index is 8.73. The van der Waals surface area contributed by atoms with Crippen LogP contribution >= 0.6 is 11.6 Å². The van der Waals surface area contributed by atoms with Gasteiger partial charge < -0.3 is 4.42 Å². The molecule has 0 saturated heterocycles. The summed E-state index contributed by atoms with van der Waals surface area (Å²) in [7, 11) is 0. The molecule has 0 atom stereocenters. The number of nitrogens with zero attached hydrogens (tertiary/aromatic N) is 2. The van der Waals surface area contributed by atoms with Gasteiger partial charge in [0.2, 0.25) is 0 Å². The highest BCUT2D eigenvalue weighted by Crippen LogP contribution is 2.24. The molecule has 0 spiro atoms. The second kappa shape index (κ2) is 3.52. The molecular weight excluding hydrogens is 200 g/mol. The average Bonchev–Trinajstić information content (AvgIpc) is 2.65. The Balaban J connectivity index is 2.56. The summed E-state index contributed by atoms with van der Waals surface area (Å²) in [4.78, 5) is 3.77. The van der Waals surface area contributed by atoms with Crippen molar-refractivity contribution in [3.63, 3.8) is 0 Å². The highest BCUT2D eigenvalue weighted by Gasteiger charge is 2.09. The lowest BCUT2D eigenvalue weighted by atomic mass is 10.1. The standard InChI is InChI=1S/C10H5ClN2O/c11-8-3-1-2-7(4-8)10-9(5-12)13-6-14-10/h1-4,6H. The molecule has 68 valence electrons. The topological polar surface area (TPSA) is 49.8 Å². The zero-order chi connectivity index (χ0) is 9.97. The Hall–Kier alpha value is -1.79. The van der Waals surface area contributed by atoms with Crippen molar-refractivity contribution in [2.24, 2.45) is 0 Å². The smallest absolute Gasteiger partial charge is 0.187 e. The minimum absolute atomic E-state index is 0.271. The van der Waals surface area contributed by atoms with Crippen LogP contribution in [-0.2, 0) is 0 Å². The molecular formula is C10H5ClN2O. The maximum atomic E-state index is 8.73. The first-order chi connectivity index (χ1) is 6.81. The van der Waals surface area contributed by atoms with Gasteiger partial charge in [0.15, 0.2) is 17.8 Å². The molecule has 2 aromatic rings. The fourth-order valence-corrected chi connectivity index (χ4v) is 1.35. The van der Waals surface area contributed by atoms with Gasteiger partial charge in [-0.3, -0.25) is 0 Å². The number of halogens is 1. The van der Waals surface area contributed by atoms with Crippen molar-refractivity contribution in [3.8, 4) is 17.4 Å². The highest BCUT2D eigenvalue weighted by molar-refractivity contribution is 6.30. The van der Waals surface area contributed by atoms with Crippen molar-refractivity contribution in [1.29, 1.82) is 5.26 Å². The first-order valence-electron chi connectivity index (χ1n) is 3.91. The summed E-state index contributed by atoms with van der Waals surface area (Å²) >= 11 is 5.81. The predicted molar refractivity (Wildman–Crippen MR) is 51.7 cm³/mol. The lowest BCUT2D eigenvalue weighted by Crippen LogP contribution is -1.79. The van der Waals surface area contributed by atoms with E-state index in [2.05, 4.69) is 4.98 Å². The Morgan fingerprint density at radius 3 is 3.00 bits per heavy atom. The van der Waals surface area contributed by atoms with Gasteiger partial charge in [-0.15, -0.1) is 0 Å². The third kappa shape index (κ3) is 1.48. The SMILES string of the molecule is N#Cc1ncoc1-c1cccc(Cl)c1. The number of aromatic nitrogens is 1. The Morgan fingerprint density at radius 2 is 2.29 bits per heavy atom. The van der Waals surface area contributed by atoms with Crippen molar-refractivity contribution in [3.05, 3.63) is 41.4 Å². The van der Waals surface area contributed by atoms with Crippen molar-refractivity contribution in [1.82, 2.24) is 4.98 Å². The molecule has 0 fully saturated rings. The van der Waals surface area contributed by atoms with Crippen LogP contribution in [0.3, 0.4) is 0 Å². The van der Waals surface area contributed by atoms with E-state index < -0.39 is 0 Å². The van der Waals surface area contributed by atoms with Gasteiger partial charge in [0.05, 0.1) is 0 Å². The molecule has 14 heavy (non-hydrogen) atoms. The van der Waals surface area contributed by atoms with E-state index in [0.717, 1.165) is 5.56 Å². The van der Waals surface area contributed by atoms with Crippen LogP contribution < -0.4 is 0 Å². The van der Waals surface area contributed by atoms with Gasteiger partial charge in [0.1, 0.15) is 6.07 Å². The minimum atomic E-state index is 0.271. The second-order valence-electron chi connectivity index (χ2n) is 2.65. The Kier molecular flexibility index (Phi) is 2.21. The Labute approximate surface area is 85.6 Å². The lowest BCUT2D eigenvalue weighted by Gasteiger charge is -1.96. The first kappa shape index (κ1) is 8.79. The van der Waals surface area contributed by atoms with Crippen LogP contribution in [0.15, 0.2) is 35.1 Å². The summed E-state index contributed by atoms with van der Waals surface area (Å²) in [5.74, 6) is 0.454. The molecule has 4 heteroatoms. The average molecular weight is 205 g/mol. The number of oxazole rings is 1. The Morgan fingerprint density at radius 1 is 1.43 bits per heavy atom. The maximum Gasteiger partial charge on any atom is 0.187 e. The largest absolute Gasteiger partial charge is 0.442 e. The summed E-state index contributed by atoms with van der Waals surface area (Å²) < 4.78 is 5.10. The monoisotopic (exact) mass is 204 g/mol. The summed E-state index contributed by atoms with van der Waals surface area (Å²) in [5.41, 5.74) is 1.03. The molecule has 0 aliphatic carbocycles. The van der Waals surface area contributed by atoms with Gasteiger partial charge in [-0.1, -0.05) is 23.7 Å². The second-order valence-corrected chi connectivity index (χ2v) is 3.09. The highest BCUT2D eigenvalue weighted by atomic mass is 35.5. The van der Waals surface area contributed by atoms with Crippen molar-refractivity contribution >= 4 is 11.6 Å². The summed E-state index contributed by atoms with van der Waals surface area (Å²) in [6.45, 7) is 0. The molecule has 0 unspecified atom stereocenters. The van der Waals surface area contributed by atoms with Crippen molar-refractivity contribution in [2.45, 2.75) is 0 Å². The van der Waals surface area contributed by atoms with E-state index in [0.29, 0.717) is 10.8 Å². The number of nitriles is 1. The van der Waals surface area contributed by atoms with Crippen LogP contribution in [-0.4, -0.2) is 4.98 Å². The number of rotatable bonds is 1. The zero-order valence-corrected chi connectivity index (χ0v) is 7.82. The minimum Gasteiger partial charge on any atom is -0.442 e. The fourth-order valence-electron chi connectivity index (χ4n) is 1.16. The fraction of sp³-hybridized carbons (Fsp3) is 0. The van der Waals surface area contributed by atoms with Crippen LogP contribution in [0.2, 0.25) is 5.02 Å². The van der Waals surface area contributed by atoms with E-state index in [1.807, 2.05) is 12.1 Å². The quantitative estimate of drug-likeness (QED) is 0.718. The molecule has 0 aliphatic heterocycles. The van der Waals surface area contributed by atoms with Crippen LogP contribution in [0.25, 0.3) is 11.3 Å². The van der Waals surface area contributed by atoms with Gasteiger partial charge in [0, 0.05) is 10.6 Å². The molecule has 3 nitrogen and oxygen atoms in total. The molecule has 1 aromatic carbocycles. The van der Waals surface area contributed by atoms with Gasteiger partial charge in [-0.25, -0.2) is 4.98 Å². The van der Waals surface area contributed by atoms with Crippen LogP contribution in [0.5, 0.6) is 0 Å².